The van der Waals surface area contributed by atoms with E-state index in [-0.39, 0.29) is 24.3 Å². The molecule has 2 heterocycles. The Kier molecular flexibility index (Phi) is 7.64. The maximum atomic E-state index is 12.9. The number of amides is 2. The van der Waals surface area contributed by atoms with Gasteiger partial charge >= 0.3 is 0 Å². The number of benzene rings is 1. The highest BCUT2D eigenvalue weighted by Crippen LogP contribution is 2.27. The molecule has 2 amide bonds. The molecule has 3 atom stereocenters. The summed E-state index contributed by atoms with van der Waals surface area (Å²) < 4.78 is 0. The van der Waals surface area contributed by atoms with Crippen molar-refractivity contribution in [2.24, 2.45) is 11.7 Å². The van der Waals surface area contributed by atoms with Crippen LogP contribution in [-0.4, -0.2) is 52.0 Å². The van der Waals surface area contributed by atoms with Crippen LogP contribution in [0.1, 0.15) is 38.3 Å². The van der Waals surface area contributed by atoms with Crippen LogP contribution in [0.2, 0.25) is 5.15 Å². The zero-order valence-corrected chi connectivity index (χ0v) is 18.5. The van der Waals surface area contributed by atoms with Gasteiger partial charge in [-0.25, -0.2) is 4.98 Å². The first-order valence-corrected chi connectivity index (χ1v) is 10.9. The van der Waals surface area contributed by atoms with Crippen molar-refractivity contribution in [3.8, 4) is 11.1 Å². The third-order valence-electron chi connectivity index (χ3n) is 5.72. The fourth-order valence-electron chi connectivity index (χ4n) is 3.78. The van der Waals surface area contributed by atoms with Gasteiger partial charge in [-0.15, -0.1) is 0 Å². The summed E-state index contributed by atoms with van der Waals surface area (Å²) in [6, 6.07) is 9.34. The number of likely N-dealkylation sites (tertiary alicyclic amines) is 1. The first-order chi connectivity index (χ1) is 14.8. The predicted octanol–water partition coefficient (Wildman–Crippen LogP) is 2.53. The zero-order chi connectivity index (χ0) is 22.5. The molecule has 0 spiro atoms. The lowest BCUT2D eigenvalue weighted by molar-refractivity contribution is -0.140. The highest BCUT2D eigenvalue weighted by molar-refractivity contribution is 6.32. The van der Waals surface area contributed by atoms with E-state index in [1.165, 1.54) is 0 Å². The maximum Gasteiger partial charge on any atom is 0.243 e. The van der Waals surface area contributed by atoms with Crippen LogP contribution in [0.5, 0.6) is 0 Å². The summed E-state index contributed by atoms with van der Waals surface area (Å²) in [5.41, 5.74) is 8.47. The molecule has 4 N–H and O–H groups in total. The summed E-state index contributed by atoms with van der Waals surface area (Å²) in [7, 11) is 0. The standard InChI is InChI=1S/C23H29ClN4O3/c1-14(2)20(25)23(31)28-12-4-6-19(28)22(30)27-18(13-29)16-9-7-15(8-10-16)17-5-3-11-26-21(17)24/h3,5,7-11,14,18-20,29H,4,6,12-13,25H2,1-2H3,(H,27,30)/t18-,19-,20-/m0/s1. The number of nitrogens with one attached hydrogen (secondary N) is 1. The summed E-state index contributed by atoms with van der Waals surface area (Å²) in [5.74, 6) is -0.486. The Balaban J connectivity index is 1.71. The van der Waals surface area contributed by atoms with Crippen LogP contribution >= 0.6 is 11.6 Å². The van der Waals surface area contributed by atoms with Crippen LogP contribution in [0.15, 0.2) is 42.6 Å². The molecule has 1 fully saturated rings. The Morgan fingerprint density at radius 3 is 2.61 bits per heavy atom. The van der Waals surface area contributed by atoms with Crippen LogP contribution in [0.4, 0.5) is 0 Å². The molecular weight excluding hydrogens is 416 g/mol. The van der Waals surface area contributed by atoms with Gasteiger partial charge in [0.2, 0.25) is 11.8 Å². The van der Waals surface area contributed by atoms with Crippen LogP contribution in [-0.2, 0) is 9.59 Å². The van der Waals surface area contributed by atoms with Crippen LogP contribution in [0.3, 0.4) is 0 Å². The van der Waals surface area contributed by atoms with Gasteiger partial charge in [0.1, 0.15) is 11.2 Å². The number of halogens is 1. The molecule has 31 heavy (non-hydrogen) atoms. The molecule has 0 saturated carbocycles. The highest BCUT2D eigenvalue weighted by Gasteiger charge is 2.37. The Morgan fingerprint density at radius 1 is 1.29 bits per heavy atom. The molecule has 0 unspecified atom stereocenters. The average Bonchev–Trinajstić information content (AvgIpc) is 3.27. The molecule has 166 valence electrons. The minimum Gasteiger partial charge on any atom is -0.394 e. The SMILES string of the molecule is CC(C)[C@H](N)C(=O)N1CCC[C@H]1C(=O)N[C@@H](CO)c1ccc(-c2cccnc2Cl)cc1. The monoisotopic (exact) mass is 444 g/mol. The predicted molar refractivity (Wildman–Crippen MR) is 120 cm³/mol. The van der Waals surface area contributed by atoms with E-state index in [0.717, 1.165) is 23.1 Å². The van der Waals surface area contributed by atoms with E-state index < -0.39 is 18.1 Å². The number of hydrogen-bond acceptors (Lipinski definition) is 5. The van der Waals surface area contributed by atoms with Gasteiger partial charge in [0.15, 0.2) is 0 Å². The largest absolute Gasteiger partial charge is 0.394 e. The van der Waals surface area contributed by atoms with Gasteiger partial charge in [-0.05, 0) is 42.0 Å². The first-order valence-electron chi connectivity index (χ1n) is 10.5. The third kappa shape index (κ3) is 5.23. The van der Waals surface area contributed by atoms with Gasteiger partial charge in [-0.3, -0.25) is 9.59 Å². The second kappa shape index (κ2) is 10.2. The topological polar surface area (TPSA) is 109 Å². The molecule has 0 bridgehead atoms. The summed E-state index contributed by atoms with van der Waals surface area (Å²) >= 11 is 6.16. The number of nitrogens with zero attached hydrogens (tertiary/aromatic N) is 2. The van der Waals surface area contributed by atoms with Crippen molar-refractivity contribution in [3.05, 3.63) is 53.3 Å². The van der Waals surface area contributed by atoms with Crippen molar-refractivity contribution < 1.29 is 14.7 Å². The fraction of sp³-hybridized carbons (Fsp3) is 0.435. The number of nitrogens with two attached hydrogens (primary N) is 1. The number of hydrogen-bond donors (Lipinski definition) is 3. The fourth-order valence-corrected chi connectivity index (χ4v) is 4.01. The van der Waals surface area contributed by atoms with Gasteiger partial charge < -0.3 is 21.1 Å². The van der Waals surface area contributed by atoms with Crippen molar-refractivity contribution in [2.75, 3.05) is 13.2 Å². The van der Waals surface area contributed by atoms with Gasteiger partial charge in [0.25, 0.3) is 0 Å². The molecule has 1 aliphatic heterocycles. The Morgan fingerprint density at radius 2 is 2.00 bits per heavy atom. The second-order valence-electron chi connectivity index (χ2n) is 8.17. The number of aromatic nitrogens is 1. The summed E-state index contributed by atoms with van der Waals surface area (Å²) in [5, 5.41) is 13.2. The van der Waals surface area contributed by atoms with Gasteiger partial charge in [0, 0.05) is 18.3 Å². The number of carbonyl (C=O) groups is 2. The van der Waals surface area contributed by atoms with Crippen molar-refractivity contribution >= 4 is 23.4 Å². The van der Waals surface area contributed by atoms with Crippen molar-refractivity contribution in [1.82, 2.24) is 15.2 Å². The molecule has 7 nitrogen and oxygen atoms in total. The highest BCUT2D eigenvalue weighted by atomic mass is 35.5. The molecular formula is C23H29ClN4O3. The molecule has 1 aliphatic rings. The number of aliphatic hydroxyl groups excluding tert-OH is 1. The van der Waals surface area contributed by atoms with E-state index in [1.807, 2.05) is 50.2 Å². The van der Waals surface area contributed by atoms with Crippen LogP contribution in [0.25, 0.3) is 11.1 Å². The lowest BCUT2D eigenvalue weighted by Crippen LogP contribution is -2.53. The van der Waals surface area contributed by atoms with Crippen molar-refractivity contribution in [3.63, 3.8) is 0 Å². The van der Waals surface area contributed by atoms with Crippen LogP contribution in [0, 0.1) is 5.92 Å². The van der Waals surface area contributed by atoms with E-state index in [4.69, 9.17) is 17.3 Å². The third-order valence-corrected chi connectivity index (χ3v) is 6.03. The minimum atomic E-state index is -0.631. The smallest absolute Gasteiger partial charge is 0.243 e. The lowest BCUT2D eigenvalue weighted by Gasteiger charge is -2.29. The van der Waals surface area contributed by atoms with E-state index >= 15 is 0 Å². The number of pyridine rings is 1. The minimum absolute atomic E-state index is 0.00571. The zero-order valence-electron chi connectivity index (χ0n) is 17.8. The first kappa shape index (κ1) is 23.2. The summed E-state index contributed by atoms with van der Waals surface area (Å²) in [6.45, 7) is 4.03. The number of carbonyl (C=O) groups excluding carboxylic acids is 2. The summed E-state index contributed by atoms with van der Waals surface area (Å²) in [6.07, 6.45) is 2.96. The molecule has 0 aliphatic carbocycles. The Hall–Kier alpha value is -2.48. The normalized spacial score (nSPS) is 18.1. The molecule has 1 aromatic carbocycles. The lowest BCUT2D eigenvalue weighted by atomic mass is 10.0. The molecule has 1 aromatic heterocycles. The van der Waals surface area contributed by atoms with E-state index in [0.29, 0.717) is 18.1 Å². The second-order valence-corrected chi connectivity index (χ2v) is 8.53. The molecule has 3 rings (SSSR count). The maximum absolute atomic E-state index is 12.9. The summed E-state index contributed by atoms with van der Waals surface area (Å²) in [4.78, 5) is 31.3. The Labute approximate surface area is 187 Å². The van der Waals surface area contributed by atoms with E-state index in [2.05, 4.69) is 10.3 Å². The Bertz CT molecular complexity index is 919. The average molecular weight is 445 g/mol. The van der Waals surface area contributed by atoms with Gasteiger partial charge in [-0.2, -0.15) is 0 Å². The van der Waals surface area contributed by atoms with Crippen LogP contribution < -0.4 is 11.1 Å². The number of aliphatic hydroxyl groups is 1. The molecule has 8 heteroatoms. The molecule has 2 aromatic rings. The van der Waals surface area contributed by atoms with Gasteiger partial charge in [-0.1, -0.05) is 49.7 Å². The molecule has 1 saturated heterocycles. The van der Waals surface area contributed by atoms with E-state index in [1.54, 1.807) is 11.1 Å². The van der Waals surface area contributed by atoms with Crippen molar-refractivity contribution in [2.45, 2.75) is 44.8 Å². The molecule has 0 radical (unpaired) electrons. The number of rotatable bonds is 7. The van der Waals surface area contributed by atoms with Gasteiger partial charge in [0.05, 0.1) is 18.7 Å². The quantitative estimate of drug-likeness (QED) is 0.568. The van der Waals surface area contributed by atoms with Crippen molar-refractivity contribution in [1.29, 1.82) is 0 Å². The van der Waals surface area contributed by atoms with E-state index in [9.17, 15) is 14.7 Å².